The van der Waals surface area contributed by atoms with E-state index in [1.165, 1.54) is 72.8 Å². The summed E-state index contributed by atoms with van der Waals surface area (Å²) >= 11 is 0. The third kappa shape index (κ3) is 16.0. The molecule has 20 nitrogen and oxygen atoms in total. The van der Waals surface area contributed by atoms with E-state index >= 15 is 50.5 Å². The number of hydrogen-bond donors (Lipinski definition) is 4. The molecule has 0 amide bonds. The minimum absolute atomic E-state index is 0.0200. The zero-order valence-electron chi connectivity index (χ0n) is 55.4. The predicted molar refractivity (Wildman–Crippen MR) is 376 cm³/mol. The van der Waals surface area contributed by atoms with Gasteiger partial charge in [0.15, 0.2) is 0 Å². The van der Waals surface area contributed by atoms with Crippen molar-refractivity contribution >= 4 is 59.4 Å². The summed E-state index contributed by atoms with van der Waals surface area (Å²) in [6.07, 6.45) is 1.42. The van der Waals surface area contributed by atoms with E-state index in [0.29, 0.717) is 96.1 Å². The van der Waals surface area contributed by atoms with Gasteiger partial charge in [-0.25, -0.2) is 50.5 Å². The van der Waals surface area contributed by atoms with Crippen LogP contribution in [0.5, 0.6) is 0 Å². The van der Waals surface area contributed by atoms with Gasteiger partial charge in [-0.2, -0.15) is 8.61 Å². The second kappa shape index (κ2) is 31.4. The van der Waals surface area contributed by atoms with E-state index in [-0.39, 0.29) is 68.4 Å². The fraction of sp³-hybridized carbons (Fsp3) is 0.400. The number of nitrogens with zero attached hydrogens (tertiary/aromatic N) is 4. The number of hydrogen-bond acceptors (Lipinski definition) is 18. The summed E-state index contributed by atoms with van der Waals surface area (Å²) in [5.74, 6) is 0. The third-order valence-electron chi connectivity index (χ3n) is 17.8. The fourth-order valence-electron chi connectivity index (χ4n) is 12.2. The van der Waals surface area contributed by atoms with E-state index in [4.69, 9.17) is 0 Å². The van der Waals surface area contributed by atoms with Crippen LogP contribution in [0.2, 0.25) is 0 Å². The van der Waals surface area contributed by atoms with Gasteiger partial charge in [0.1, 0.15) is 0 Å². The van der Waals surface area contributed by atoms with Crippen molar-refractivity contribution in [3.8, 4) is 0 Å². The zero-order valence-corrected chi connectivity index (χ0v) is 60.3. The molecule has 9 rings (SSSR count). The number of nitrogens with one attached hydrogen (secondary N) is 4. The molecule has 2 aliphatic heterocycles. The van der Waals surface area contributed by atoms with Crippen LogP contribution in [-0.4, -0.2) is 169 Å². The Balaban J connectivity index is 1.03. The Morgan fingerprint density at radius 1 is 0.281 bits per heavy atom. The number of benzene rings is 7. The van der Waals surface area contributed by atoms with Crippen LogP contribution in [0.1, 0.15) is 70.2 Å². The first-order valence-corrected chi connectivity index (χ1v) is 41.2. The maximum absolute atomic E-state index is 15.8. The molecule has 7 aromatic rings. The molecule has 7 aromatic carbocycles. The summed E-state index contributed by atoms with van der Waals surface area (Å²) in [7, 11) is -30.6. The van der Waals surface area contributed by atoms with Gasteiger partial charge in [-0.1, -0.05) is 130 Å². The summed E-state index contributed by atoms with van der Waals surface area (Å²) < 4.78 is 184. The molecule has 0 aliphatic carbocycles. The molecule has 2 aliphatic rings. The van der Waals surface area contributed by atoms with Crippen LogP contribution in [0.25, 0.3) is 0 Å². The molecule has 2 fully saturated rings. The maximum Gasteiger partial charge on any atom is 0.260 e. The van der Waals surface area contributed by atoms with Gasteiger partial charge < -0.3 is 21.3 Å². The van der Waals surface area contributed by atoms with Crippen LogP contribution in [0.4, 0.5) is 0 Å². The van der Waals surface area contributed by atoms with Crippen LogP contribution < -0.4 is 21.3 Å². The monoisotopic (exact) mass is 1430 g/mol. The summed E-state index contributed by atoms with van der Waals surface area (Å²) in [4.78, 5) is 2.29. The van der Waals surface area contributed by atoms with Crippen LogP contribution in [0.15, 0.2) is 199 Å². The Labute approximate surface area is 569 Å². The van der Waals surface area contributed by atoms with Gasteiger partial charge in [-0.3, -0.25) is 9.80 Å². The van der Waals surface area contributed by atoms with E-state index in [0.717, 1.165) is 22.3 Å². The van der Waals surface area contributed by atoms with Crippen molar-refractivity contribution in [2.45, 2.75) is 118 Å². The van der Waals surface area contributed by atoms with Gasteiger partial charge in [0, 0.05) is 65.4 Å². The van der Waals surface area contributed by atoms with Gasteiger partial charge in [-0.05, 0) is 190 Å². The van der Waals surface area contributed by atoms with Crippen LogP contribution >= 0.6 is 0 Å². The van der Waals surface area contributed by atoms with E-state index in [1.807, 2.05) is 24.3 Å². The Morgan fingerprint density at radius 3 is 0.771 bits per heavy atom. The average molecular weight is 1430 g/mol. The van der Waals surface area contributed by atoms with E-state index in [1.54, 1.807) is 114 Å². The van der Waals surface area contributed by atoms with Gasteiger partial charge in [-0.15, -0.1) is 0 Å². The standard InChI is InChI=1S/C70H90N8O12S6/c1-55-11-27-63(28-12-55)91(79,80)69(92(81,82)64-29-13-56(2)14-30-64)53-73-43-41-71-39-7-45-75(47-9-49-77(69)95(87,88)67-35-19-59(5)20-36-67)51-61-23-25-62(26-24-61)52-76-46-8-40-72-42-44-74-54-70(93(83,84)65-31-15-57(3)16-32-65,94(85,86)66-33-17-58(4)18-34-66)78(50-10-48-76)96(89,90)68-37-21-60(6)22-38-68/h11-38,71-74H,7-10,39-54H2,1-6H3. The number of aryl methyl sites for hydroxylation is 6. The van der Waals surface area contributed by atoms with E-state index in [2.05, 4.69) is 31.1 Å². The molecular formula is C70H90N8O12S6. The maximum atomic E-state index is 15.8. The molecule has 0 atom stereocenters. The molecule has 0 bridgehead atoms. The van der Waals surface area contributed by atoms with Crippen LogP contribution in [0, 0.1) is 41.5 Å². The minimum Gasteiger partial charge on any atom is -0.315 e. The second-order valence-electron chi connectivity index (χ2n) is 25.1. The fourth-order valence-corrected chi connectivity index (χ4v) is 27.2. The summed E-state index contributed by atoms with van der Waals surface area (Å²) in [5, 5.41) is 13.0. The molecule has 2 saturated heterocycles. The highest BCUT2D eigenvalue weighted by molar-refractivity contribution is 8.12. The van der Waals surface area contributed by atoms with Crippen molar-refractivity contribution < 1.29 is 50.5 Å². The molecule has 26 heteroatoms. The highest BCUT2D eigenvalue weighted by Crippen LogP contribution is 2.44. The lowest BCUT2D eigenvalue weighted by Crippen LogP contribution is -2.66. The van der Waals surface area contributed by atoms with Gasteiger partial charge >= 0.3 is 0 Å². The summed E-state index contributed by atoms with van der Waals surface area (Å²) in [5.41, 5.74) is 6.12. The lowest BCUT2D eigenvalue weighted by atomic mass is 10.1. The summed E-state index contributed by atoms with van der Waals surface area (Å²) in [6.45, 7) is 12.3. The smallest absolute Gasteiger partial charge is 0.260 e. The van der Waals surface area contributed by atoms with Crippen molar-refractivity contribution in [1.82, 2.24) is 39.7 Å². The summed E-state index contributed by atoms with van der Waals surface area (Å²) in [6, 6.07) is 42.7. The quantitative estimate of drug-likeness (QED) is 0.0723. The lowest BCUT2D eigenvalue weighted by molar-refractivity contribution is 0.236. The number of sulfonamides is 2. The normalized spacial score (nSPS) is 18.4. The Kier molecular flexibility index (Phi) is 24.3. The van der Waals surface area contributed by atoms with Crippen molar-refractivity contribution in [3.05, 3.63) is 214 Å². The Hall–Kier alpha value is -6.08. The first kappa shape index (κ1) is 74.2. The molecule has 0 spiro atoms. The predicted octanol–water partition coefficient (Wildman–Crippen LogP) is 7.67. The number of rotatable bonds is 16. The molecule has 96 heavy (non-hydrogen) atoms. The molecule has 0 saturated carbocycles. The van der Waals surface area contributed by atoms with E-state index < -0.39 is 94.0 Å². The zero-order chi connectivity index (χ0) is 69.2. The van der Waals surface area contributed by atoms with Gasteiger partial charge in [0.25, 0.3) is 8.41 Å². The first-order valence-electron chi connectivity index (χ1n) is 32.4. The van der Waals surface area contributed by atoms with Gasteiger partial charge in [0.05, 0.1) is 29.4 Å². The van der Waals surface area contributed by atoms with Crippen LogP contribution in [0.3, 0.4) is 0 Å². The Morgan fingerprint density at radius 2 is 0.510 bits per heavy atom. The average Bonchev–Trinajstić information content (AvgIpc) is 0.705. The highest BCUT2D eigenvalue weighted by Gasteiger charge is 2.65. The third-order valence-corrected chi connectivity index (χ3v) is 33.2. The lowest BCUT2D eigenvalue weighted by Gasteiger charge is -2.42. The number of sulfone groups is 4. The van der Waals surface area contributed by atoms with Crippen LogP contribution in [-0.2, 0) is 72.5 Å². The minimum atomic E-state index is -5.17. The highest BCUT2D eigenvalue weighted by atomic mass is 32.3. The van der Waals surface area contributed by atoms with Crippen molar-refractivity contribution in [2.75, 3.05) is 91.6 Å². The molecular weight excluding hydrogens is 1340 g/mol. The van der Waals surface area contributed by atoms with Crippen molar-refractivity contribution in [2.24, 2.45) is 0 Å². The molecule has 4 N–H and O–H groups in total. The largest absolute Gasteiger partial charge is 0.315 e. The van der Waals surface area contributed by atoms with E-state index in [9.17, 15) is 0 Å². The second-order valence-corrected chi connectivity index (χ2v) is 38.0. The SMILES string of the molecule is Cc1ccc(S(=O)(=O)N2CCCN(Cc3ccc(CN4CCCNCCNCC(S(=O)(=O)c5ccc(C)cc5)(S(=O)(=O)c5ccc(C)cc5)N(S(=O)(=O)c5ccc(C)cc5)CCC4)cc3)CCCNCCNCC2(S(=O)(=O)c2ccc(C)cc2)S(=O)(=O)c2ccc(C)cc2)cc1. The van der Waals surface area contributed by atoms with Gasteiger partial charge in [0.2, 0.25) is 59.4 Å². The molecule has 0 unspecified atom stereocenters. The molecule has 518 valence electrons. The molecule has 0 aromatic heterocycles. The molecule has 2 heterocycles. The Bertz CT molecular complexity index is 4040. The first-order chi connectivity index (χ1) is 45.6. The van der Waals surface area contributed by atoms with Crippen molar-refractivity contribution in [1.29, 1.82) is 0 Å². The topological polar surface area (TPSA) is 266 Å². The van der Waals surface area contributed by atoms with Crippen molar-refractivity contribution in [3.63, 3.8) is 0 Å². The molecule has 0 radical (unpaired) electrons.